The molecule has 3 rings (SSSR count). The number of hydrogen-bond acceptors (Lipinski definition) is 7. The minimum absolute atomic E-state index is 0.187. The molecule has 1 aliphatic rings. The Hall–Kier alpha value is -1.80. The summed E-state index contributed by atoms with van der Waals surface area (Å²) in [6, 6.07) is 8.30. The van der Waals surface area contributed by atoms with Crippen molar-refractivity contribution in [1.82, 2.24) is 15.1 Å². The highest BCUT2D eigenvalue weighted by Gasteiger charge is 2.28. The van der Waals surface area contributed by atoms with Crippen LogP contribution in [0.15, 0.2) is 28.6 Å². The number of amides is 1. The highest BCUT2D eigenvalue weighted by molar-refractivity contribution is 8.01. The van der Waals surface area contributed by atoms with E-state index in [4.69, 9.17) is 4.74 Å². The van der Waals surface area contributed by atoms with Crippen LogP contribution in [0.25, 0.3) is 0 Å². The quantitative estimate of drug-likeness (QED) is 0.744. The summed E-state index contributed by atoms with van der Waals surface area (Å²) in [6.45, 7) is 4.28. The summed E-state index contributed by atoms with van der Waals surface area (Å²) in [5.74, 6) is 1.37. The molecule has 0 aliphatic carbocycles. The van der Waals surface area contributed by atoms with Crippen LogP contribution in [0.1, 0.15) is 33.1 Å². The normalized spacial score (nSPS) is 20.0. The molecule has 0 spiro atoms. The van der Waals surface area contributed by atoms with Gasteiger partial charge in [0.2, 0.25) is 11.0 Å². The fourth-order valence-electron chi connectivity index (χ4n) is 3.25. The molecule has 2 aromatic rings. The van der Waals surface area contributed by atoms with Gasteiger partial charge < -0.3 is 15.0 Å². The summed E-state index contributed by atoms with van der Waals surface area (Å²) in [5.41, 5.74) is 0.893. The number of anilines is 2. The van der Waals surface area contributed by atoms with Gasteiger partial charge >= 0.3 is 0 Å². The van der Waals surface area contributed by atoms with E-state index in [1.807, 2.05) is 29.2 Å². The number of piperidine rings is 1. The average Bonchev–Trinajstić information content (AvgIpc) is 3.07. The summed E-state index contributed by atoms with van der Waals surface area (Å²) in [7, 11) is 1.64. The molecule has 1 aromatic heterocycles. The van der Waals surface area contributed by atoms with Crippen LogP contribution >= 0.6 is 23.1 Å². The van der Waals surface area contributed by atoms with E-state index in [-0.39, 0.29) is 5.91 Å². The second kappa shape index (κ2) is 8.73. The van der Waals surface area contributed by atoms with E-state index in [0.29, 0.717) is 23.0 Å². The van der Waals surface area contributed by atoms with Crippen molar-refractivity contribution in [1.29, 1.82) is 0 Å². The summed E-state index contributed by atoms with van der Waals surface area (Å²) in [6.07, 6.45) is 3.39. The third-order valence-corrected chi connectivity index (χ3v) is 6.48. The molecule has 26 heavy (non-hydrogen) atoms. The van der Waals surface area contributed by atoms with Gasteiger partial charge in [-0.2, -0.15) is 0 Å². The van der Waals surface area contributed by atoms with Crippen LogP contribution in [0.4, 0.5) is 10.8 Å². The Labute approximate surface area is 162 Å². The van der Waals surface area contributed by atoms with Gasteiger partial charge in [0.15, 0.2) is 4.34 Å². The molecule has 1 aromatic carbocycles. The Kier molecular flexibility index (Phi) is 6.37. The average molecular weight is 393 g/mol. The smallest absolute Gasteiger partial charge is 0.233 e. The maximum absolute atomic E-state index is 12.6. The maximum Gasteiger partial charge on any atom is 0.233 e. The molecule has 0 saturated carbocycles. The minimum Gasteiger partial charge on any atom is -0.497 e. The Morgan fingerprint density at radius 2 is 2.12 bits per heavy atom. The Morgan fingerprint density at radius 3 is 2.85 bits per heavy atom. The Bertz CT molecular complexity index is 742. The highest BCUT2D eigenvalue weighted by Crippen LogP contribution is 2.30. The van der Waals surface area contributed by atoms with Gasteiger partial charge in [-0.3, -0.25) is 4.79 Å². The molecule has 0 radical (unpaired) electrons. The lowest BCUT2D eigenvalue weighted by Gasteiger charge is -2.39. The largest absolute Gasteiger partial charge is 0.497 e. The van der Waals surface area contributed by atoms with Gasteiger partial charge in [0.05, 0.1) is 12.9 Å². The van der Waals surface area contributed by atoms with Crippen LogP contribution in [0.2, 0.25) is 0 Å². The monoisotopic (exact) mass is 392 g/mol. The fraction of sp³-hybridized carbons (Fsp3) is 0.500. The number of ether oxygens (including phenoxy) is 1. The first-order chi connectivity index (χ1) is 12.6. The third kappa shape index (κ3) is 4.67. The van der Waals surface area contributed by atoms with E-state index in [2.05, 4.69) is 29.4 Å². The van der Waals surface area contributed by atoms with Crippen molar-refractivity contribution >= 4 is 39.8 Å². The summed E-state index contributed by atoms with van der Waals surface area (Å²) >= 11 is 2.90. The van der Waals surface area contributed by atoms with E-state index >= 15 is 0 Å². The highest BCUT2D eigenvalue weighted by atomic mass is 32.2. The molecule has 140 valence electrons. The molecule has 0 unspecified atom stereocenters. The van der Waals surface area contributed by atoms with Crippen molar-refractivity contribution in [3.05, 3.63) is 24.3 Å². The molecular weight excluding hydrogens is 368 g/mol. The van der Waals surface area contributed by atoms with Gasteiger partial charge in [-0.05, 0) is 45.2 Å². The number of nitrogens with zero attached hydrogens (tertiary/aromatic N) is 3. The van der Waals surface area contributed by atoms with Crippen LogP contribution in [0, 0.1) is 0 Å². The SMILES string of the molecule is COc1cccc(Nc2nnc(SCC(=O)N3[C@H](C)CCC[C@@H]3C)s2)c1. The summed E-state index contributed by atoms with van der Waals surface area (Å²) in [5, 5.41) is 12.3. The molecule has 8 heteroatoms. The minimum atomic E-state index is 0.187. The lowest BCUT2D eigenvalue weighted by molar-refractivity contribution is -0.134. The molecule has 1 amide bonds. The van der Waals surface area contributed by atoms with Crippen molar-refractivity contribution in [2.45, 2.75) is 49.5 Å². The first-order valence-corrected chi connectivity index (χ1v) is 10.6. The van der Waals surface area contributed by atoms with Crippen molar-refractivity contribution in [3.63, 3.8) is 0 Å². The van der Waals surface area contributed by atoms with Gasteiger partial charge in [0.1, 0.15) is 5.75 Å². The van der Waals surface area contributed by atoms with Crippen molar-refractivity contribution in [2.75, 3.05) is 18.2 Å². The first kappa shape index (κ1) is 19.0. The number of hydrogen-bond donors (Lipinski definition) is 1. The van der Waals surface area contributed by atoms with Gasteiger partial charge in [-0.1, -0.05) is 29.2 Å². The van der Waals surface area contributed by atoms with E-state index in [1.54, 1.807) is 7.11 Å². The lowest BCUT2D eigenvalue weighted by atomic mass is 9.98. The lowest BCUT2D eigenvalue weighted by Crippen LogP contribution is -2.48. The maximum atomic E-state index is 12.6. The van der Waals surface area contributed by atoms with E-state index in [0.717, 1.165) is 28.6 Å². The molecule has 1 saturated heterocycles. The first-order valence-electron chi connectivity index (χ1n) is 8.75. The summed E-state index contributed by atoms with van der Waals surface area (Å²) in [4.78, 5) is 14.6. The van der Waals surface area contributed by atoms with Crippen molar-refractivity contribution in [3.8, 4) is 5.75 Å². The van der Waals surface area contributed by atoms with Crippen LogP contribution < -0.4 is 10.1 Å². The second-order valence-electron chi connectivity index (χ2n) is 6.45. The van der Waals surface area contributed by atoms with Gasteiger partial charge in [0, 0.05) is 23.8 Å². The van der Waals surface area contributed by atoms with Gasteiger partial charge in [-0.15, -0.1) is 10.2 Å². The van der Waals surface area contributed by atoms with Crippen LogP contribution in [-0.4, -0.2) is 46.0 Å². The van der Waals surface area contributed by atoms with Gasteiger partial charge in [-0.25, -0.2) is 0 Å². The molecule has 1 fully saturated rings. The zero-order valence-corrected chi connectivity index (χ0v) is 16.9. The zero-order valence-electron chi connectivity index (χ0n) is 15.3. The van der Waals surface area contributed by atoms with Crippen molar-refractivity contribution < 1.29 is 9.53 Å². The van der Waals surface area contributed by atoms with E-state index in [9.17, 15) is 4.79 Å². The molecule has 2 heterocycles. The number of rotatable bonds is 6. The predicted octanol–water partition coefficient (Wildman–Crippen LogP) is 4.17. The molecule has 2 atom stereocenters. The van der Waals surface area contributed by atoms with Crippen LogP contribution in [0.3, 0.4) is 0 Å². The second-order valence-corrected chi connectivity index (χ2v) is 8.65. The van der Waals surface area contributed by atoms with Crippen LogP contribution in [0.5, 0.6) is 5.75 Å². The number of methoxy groups -OCH3 is 1. The van der Waals surface area contributed by atoms with E-state index < -0.39 is 0 Å². The molecule has 0 bridgehead atoms. The number of carbonyl (C=O) groups is 1. The molecule has 1 aliphatic heterocycles. The van der Waals surface area contributed by atoms with Crippen LogP contribution in [-0.2, 0) is 4.79 Å². The molecular formula is C18H24N4O2S2. The van der Waals surface area contributed by atoms with Gasteiger partial charge in [0.25, 0.3) is 0 Å². The fourth-order valence-corrected chi connectivity index (χ4v) is 4.90. The number of carbonyl (C=O) groups excluding carboxylic acids is 1. The number of aromatic nitrogens is 2. The number of benzene rings is 1. The third-order valence-electron chi connectivity index (χ3n) is 4.53. The standard InChI is InChI=1S/C18H24N4O2S2/c1-12-6-4-7-13(2)22(12)16(23)11-25-18-21-20-17(26-18)19-14-8-5-9-15(10-14)24-3/h5,8-10,12-13H,4,6-7,11H2,1-3H3,(H,19,20)/t12-,13+. The summed E-state index contributed by atoms with van der Waals surface area (Å²) < 4.78 is 6.01. The number of likely N-dealkylation sites (tertiary alicyclic amines) is 1. The molecule has 6 nitrogen and oxygen atoms in total. The zero-order chi connectivity index (χ0) is 18.5. The molecule has 1 N–H and O–H groups in total. The number of thioether (sulfide) groups is 1. The topological polar surface area (TPSA) is 67.3 Å². The van der Waals surface area contributed by atoms with E-state index in [1.165, 1.54) is 29.5 Å². The Morgan fingerprint density at radius 1 is 1.35 bits per heavy atom. The Balaban J connectivity index is 1.55. The number of nitrogens with one attached hydrogen (secondary N) is 1. The van der Waals surface area contributed by atoms with Crippen molar-refractivity contribution in [2.24, 2.45) is 0 Å². The predicted molar refractivity (Wildman–Crippen MR) is 107 cm³/mol.